The summed E-state index contributed by atoms with van der Waals surface area (Å²) in [6.45, 7) is 7.78. The van der Waals surface area contributed by atoms with Crippen LogP contribution in [0.25, 0.3) is 0 Å². The highest BCUT2D eigenvalue weighted by molar-refractivity contribution is 5.25. The van der Waals surface area contributed by atoms with E-state index in [4.69, 9.17) is 9.47 Å². The average molecular weight is 226 g/mol. The van der Waals surface area contributed by atoms with Crippen LogP contribution in [-0.4, -0.2) is 29.6 Å². The summed E-state index contributed by atoms with van der Waals surface area (Å²) in [5.74, 6) is 0.913. The van der Waals surface area contributed by atoms with Crippen molar-refractivity contribution in [2.24, 2.45) is 0 Å². The number of aryl methyl sites for hydroxylation is 1. The van der Waals surface area contributed by atoms with E-state index < -0.39 is 0 Å². The van der Waals surface area contributed by atoms with Crippen molar-refractivity contribution in [3.05, 3.63) is 11.8 Å². The van der Waals surface area contributed by atoms with Crippen LogP contribution in [0.4, 0.5) is 0 Å². The molecule has 16 heavy (non-hydrogen) atoms. The van der Waals surface area contributed by atoms with E-state index in [2.05, 4.69) is 25.9 Å². The lowest BCUT2D eigenvalue weighted by molar-refractivity contribution is 0.0175. The van der Waals surface area contributed by atoms with Gasteiger partial charge < -0.3 is 9.47 Å². The molecule has 0 fully saturated rings. The number of nitrogens with zero attached hydrogens (tertiary/aromatic N) is 2. The van der Waals surface area contributed by atoms with Gasteiger partial charge in [0, 0.05) is 12.7 Å². The van der Waals surface area contributed by atoms with Crippen molar-refractivity contribution in [1.29, 1.82) is 0 Å². The van der Waals surface area contributed by atoms with Gasteiger partial charge in [-0.15, -0.1) is 0 Å². The fourth-order valence-corrected chi connectivity index (χ4v) is 1.51. The van der Waals surface area contributed by atoms with E-state index in [1.807, 2.05) is 10.9 Å². The average Bonchev–Trinajstić information content (AvgIpc) is 2.71. The topological polar surface area (TPSA) is 36.3 Å². The molecule has 0 saturated carbocycles. The molecule has 1 aliphatic heterocycles. The molecule has 92 valence electrons. The number of hydrogen-bond acceptors (Lipinski definition) is 3. The van der Waals surface area contributed by atoms with Crippen LogP contribution < -0.4 is 4.74 Å². The molecule has 4 nitrogen and oxygen atoms in total. The summed E-state index contributed by atoms with van der Waals surface area (Å²) >= 11 is 0. The number of rotatable bonds is 2. The van der Waals surface area contributed by atoms with Crippen LogP contribution in [0.15, 0.2) is 6.20 Å². The van der Waals surface area contributed by atoms with Gasteiger partial charge in [-0.3, -0.25) is 0 Å². The van der Waals surface area contributed by atoms with Gasteiger partial charge in [-0.25, -0.2) is 4.68 Å². The molecule has 1 aliphatic rings. The predicted octanol–water partition coefficient (Wildman–Crippen LogP) is 2.27. The lowest BCUT2D eigenvalue weighted by Crippen LogP contribution is -2.32. The third-order valence-corrected chi connectivity index (χ3v) is 2.36. The van der Waals surface area contributed by atoms with Crippen LogP contribution in [0, 0.1) is 0 Å². The molecule has 2 rings (SSSR count). The highest BCUT2D eigenvalue weighted by Crippen LogP contribution is 2.23. The molecule has 0 saturated heterocycles. The Balaban J connectivity index is 0.000000386. The van der Waals surface area contributed by atoms with Crippen LogP contribution in [0.3, 0.4) is 0 Å². The van der Waals surface area contributed by atoms with Gasteiger partial charge in [0.15, 0.2) is 0 Å². The Labute approximate surface area is 97.6 Å². The summed E-state index contributed by atoms with van der Waals surface area (Å²) < 4.78 is 12.6. The third-order valence-electron chi connectivity index (χ3n) is 2.36. The van der Waals surface area contributed by atoms with E-state index >= 15 is 0 Å². The van der Waals surface area contributed by atoms with Crippen molar-refractivity contribution in [1.82, 2.24) is 9.78 Å². The second-order valence-corrected chi connectivity index (χ2v) is 3.89. The molecule has 1 aromatic heterocycles. The first-order chi connectivity index (χ1) is 7.76. The van der Waals surface area contributed by atoms with Gasteiger partial charge in [0.1, 0.15) is 12.7 Å². The van der Waals surface area contributed by atoms with E-state index in [0.717, 1.165) is 18.8 Å². The van der Waals surface area contributed by atoms with Crippen molar-refractivity contribution in [2.45, 2.75) is 46.3 Å². The molecule has 1 aromatic rings. The minimum Gasteiger partial charge on any atom is -0.475 e. The summed E-state index contributed by atoms with van der Waals surface area (Å²) in [5.41, 5.74) is 1.18. The van der Waals surface area contributed by atoms with Crippen LogP contribution in [-0.2, 0) is 17.7 Å². The standard InChI is InChI=1S/C9H14N2O2.C3H8/c1-3-7-4-10-11-5-8(12-2)6-13-9(7)11;1-3-2/h4,8H,3,5-6H2,1-2H3;3H2,1-2H3. The fraction of sp³-hybridized carbons (Fsp3) is 0.750. The maximum absolute atomic E-state index is 5.56. The van der Waals surface area contributed by atoms with E-state index in [-0.39, 0.29) is 6.10 Å². The molecule has 4 heteroatoms. The van der Waals surface area contributed by atoms with Crippen molar-refractivity contribution in [2.75, 3.05) is 13.7 Å². The zero-order chi connectivity index (χ0) is 12.0. The second-order valence-electron chi connectivity index (χ2n) is 3.89. The Hall–Kier alpha value is -1.03. The maximum atomic E-state index is 5.56. The van der Waals surface area contributed by atoms with Crippen LogP contribution in [0.5, 0.6) is 5.88 Å². The first kappa shape index (κ1) is 13.0. The number of ether oxygens (including phenoxy) is 2. The van der Waals surface area contributed by atoms with E-state index in [0.29, 0.717) is 6.61 Å². The molecule has 0 N–H and O–H groups in total. The first-order valence-electron chi connectivity index (χ1n) is 5.96. The summed E-state index contributed by atoms with van der Waals surface area (Å²) in [6.07, 6.45) is 4.22. The Bertz CT molecular complexity index is 310. The van der Waals surface area contributed by atoms with Crippen molar-refractivity contribution in [3.63, 3.8) is 0 Å². The molecular formula is C12H22N2O2. The smallest absolute Gasteiger partial charge is 0.215 e. The number of aromatic nitrogens is 2. The molecule has 0 bridgehead atoms. The highest BCUT2D eigenvalue weighted by atomic mass is 16.5. The van der Waals surface area contributed by atoms with E-state index in [9.17, 15) is 0 Å². The maximum Gasteiger partial charge on any atom is 0.215 e. The summed E-state index contributed by atoms with van der Waals surface area (Å²) in [4.78, 5) is 0. The van der Waals surface area contributed by atoms with E-state index in [1.165, 1.54) is 12.0 Å². The van der Waals surface area contributed by atoms with E-state index in [1.54, 1.807) is 7.11 Å². The molecule has 0 aromatic carbocycles. The van der Waals surface area contributed by atoms with Gasteiger partial charge in [-0.1, -0.05) is 27.2 Å². The monoisotopic (exact) mass is 226 g/mol. The third kappa shape index (κ3) is 2.98. The molecule has 0 spiro atoms. The van der Waals surface area contributed by atoms with Gasteiger partial charge in [0.2, 0.25) is 5.88 Å². The van der Waals surface area contributed by atoms with Crippen molar-refractivity contribution < 1.29 is 9.47 Å². The van der Waals surface area contributed by atoms with Crippen LogP contribution >= 0.6 is 0 Å². The zero-order valence-corrected chi connectivity index (χ0v) is 10.7. The fourth-order valence-electron chi connectivity index (χ4n) is 1.51. The number of hydrogen-bond donors (Lipinski definition) is 0. The Morgan fingerprint density at radius 2 is 2.19 bits per heavy atom. The molecule has 1 unspecified atom stereocenters. The van der Waals surface area contributed by atoms with Gasteiger partial charge >= 0.3 is 0 Å². The van der Waals surface area contributed by atoms with Gasteiger partial charge in [-0.2, -0.15) is 5.10 Å². The zero-order valence-electron chi connectivity index (χ0n) is 10.7. The molecule has 0 radical (unpaired) electrons. The summed E-state index contributed by atoms with van der Waals surface area (Å²) in [5, 5.41) is 4.24. The molecular weight excluding hydrogens is 204 g/mol. The largest absolute Gasteiger partial charge is 0.475 e. The Morgan fingerprint density at radius 3 is 2.75 bits per heavy atom. The Kier molecular flexibility index (Phi) is 5.32. The summed E-state index contributed by atoms with van der Waals surface area (Å²) in [7, 11) is 1.70. The van der Waals surface area contributed by atoms with Crippen molar-refractivity contribution in [3.8, 4) is 5.88 Å². The first-order valence-corrected chi connectivity index (χ1v) is 5.96. The quantitative estimate of drug-likeness (QED) is 0.776. The number of fused-ring (bicyclic) bond motifs is 1. The number of methoxy groups -OCH3 is 1. The molecule has 0 aliphatic carbocycles. The predicted molar refractivity (Wildman–Crippen MR) is 63.9 cm³/mol. The minimum absolute atomic E-state index is 0.136. The van der Waals surface area contributed by atoms with Gasteiger partial charge in [0.05, 0.1) is 12.7 Å². The van der Waals surface area contributed by atoms with Crippen LogP contribution in [0.2, 0.25) is 0 Å². The summed E-state index contributed by atoms with van der Waals surface area (Å²) in [6, 6.07) is 0. The molecule has 0 amide bonds. The lowest BCUT2D eigenvalue weighted by Gasteiger charge is -2.23. The SMILES string of the molecule is CCC.CCc1cnn2c1OCC(OC)C2. The van der Waals surface area contributed by atoms with Crippen LogP contribution in [0.1, 0.15) is 32.8 Å². The van der Waals surface area contributed by atoms with Gasteiger partial charge in [-0.05, 0) is 6.42 Å². The lowest BCUT2D eigenvalue weighted by atomic mass is 10.2. The van der Waals surface area contributed by atoms with Gasteiger partial charge in [0.25, 0.3) is 0 Å². The highest BCUT2D eigenvalue weighted by Gasteiger charge is 2.21. The molecule has 2 heterocycles. The molecule has 1 atom stereocenters. The second kappa shape index (κ2) is 6.53. The normalized spacial score (nSPS) is 18.1. The van der Waals surface area contributed by atoms with Crippen molar-refractivity contribution >= 4 is 0 Å². The Morgan fingerprint density at radius 1 is 1.50 bits per heavy atom. The minimum atomic E-state index is 0.136.